The molecule has 0 heterocycles. The topological polar surface area (TPSA) is 32.3 Å². The molecule has 0 aliphatic rings. The molecule has 0 aromatic heterocycles. The summed E-state index contributed by atoms with van der Waals surface area (Å²) in [5, 5.41) is 12.9. The lowest BCUT2D eigenvalue weighted by Crippen LogP contribution is -2.42. The van der Waals surface area contributed by atoms with Crippen molar-refractivity contribution < 1.29 is 31.4 Å². The van der Waals surface area contributed by atoms with Gasteiger partial charge >= 0.3 is 12.4 Å². The van der Waals surface area contributed by atoms with Crippen molar-refractivity contribution in [3.63, 3.8) is 0 Å². The SMILES string of the molecule is CCC(NC(C)CC(F)(F)F)C(O)c1ccc(C(F)(F)F)cc1. The first kappa shape index (κ1) is 19.8. The zero-order chi connectivity index (χ0) is 17.8. The van der Waals surface area contributed by atoms with Crippen LogP contribution in [-0.4, -0.2) is 23.4 Å². The number of halogens is 6. The third-order valence-corrected chi connectivity index (χ3v) is 3.44. The van der Waals surface area contributed by atoms with Crippen molar-refractivity contribution in [1.82, 2.24) is 5.32 Å². The molecular weight excluding hydrogens is 324 g/mol. The number of nitrogens with one attached hydrogen (secondary N) is 1. The average Bonchev–Trinajstić information content (AvgIpc) is 2.41. The molecule has 3 unspecified atom stereocenters. The van der Waals surface area contributed by atoms with Crippen LogP contribution < -0.4 is 5.32 Å². The van der Waals surface area contributed by atoms with Crippen LogP contribution in [0.5, 0.6) is 0 Å². The van der Waals surface area contributed by atoms with Gasteiger partial charge in [0.2, 0.25) is 0 Å². The molecule has 1 aromatic carbocycles. The van der Waals surface area contributed by atoms with Crippen molar-refractivity contribution in [1.29, 1.82) is 0 Å². The van der Waals surface area contributed by atoms with Gasteiger partial charge in [-0.15, -0.1) is 0 Å². The summed E-state index contributed by atoms with van der Waals surface area (Å²) in [6, 6.07) is 2.33. The molecule has 132 valence electrons. The lowest BCUT2D eigenvalue weighted by atomic mass is 9.98. The van der Waals surface area contributed by atoms with Crippen LogP contribution in [0.15, 0.2) is 24.3 Å². The minimum atomic E-state index is -4.48. The van der Waals surface area contributed by atoms with Gasteiger partial charge < -0.3 is 10.4 Å². The Morgan fingerprint density at radius 3 is 1.96 bits per heavy atom. The molecule has 2 nitrogen and oxygen atoms in total. The minimum absolute atomic E-state index is 0.219. The Labute approximate surface area is 130 Å². The standard InChI is InChI=1S/C15H19F6NO/c1-3-12(22-9(2)8-14(16,17)18)13(23)10-4-6-11(7-5-10)15(19,20)21/h4-7,9,12-13,22-23H,3,8H2,1-2H3. The highest BCUT2D eigenvalue weighted by Gasteiger charge is 2.33. The van der Waals surface area contributed by atoms with E-state index in [2.05, 4.69) is 5.32 Å². The van der Waals surface area contributed by atoms with E-state index in [4.69, 9.17) is 0 Å². The lowest BCUT2D eigenvalue weighted by Gasteiger charge is -2.27. The van der Waals surface area contributed by atoms with Crippen LogP contribution in [-0.2, 0) is 6.18 Å². The molecule has 0 aliphatic carbocycles. The average molecular weight is 343 g/mol. The molecular formula is C15H19F6NO. The zero-order valence-electron chi connectivity index (χ0n) is 12.7. The molecule has 0 aliphatic heterocycles. The number of alkyl halides is 6. The van der Waals surface area contributed by atoms with Gasteiger partial charge in [0.15, 0.2) is 0 Å². The monoisotopic (exact) mass is 343 g/mol. The highest BCUT2D eigenvalue weighted by molar-refractivity contribution is 5.26. The maximum absolute atomic E-state index is 12.5. The molecule has 3 atom stereocenters. The van der Waals surface area contributed by atoms with Gasteiger partial charge in [-0.1, -0.05) is 19.1 Å². The van der Waals surface area contributed by atoms with Crippen molar-refractivity contribution in [3.05, 3.63) is 35.4 Å². The Balaban J connectivity index is 2.78. The fourth-order valence-electron chi connectivity index (χ4n) is 2.31. The maximum Gasteiger partial charge on any atom is 0.416 e. The molecule has 23 heavy (non-hydrogen) atoms. The Bertz CT molecular complexity index is 482. The first-order valence-electron chi connectivity index (χ1n) is 7.12. The fourth-order valence-corrected chi connectivity index (χ4v) is 2.31. The van der Waals surface area contributed by atoms with Crippen molar-refractivity contribution in [2.45, 2.75) is 57.2 Å². The van der Waals surface area contributed by atoms with Crippen molar-refractivity contribution >= 4 is 0 Å². The van der Waals surface area contributed by atoms with Crippen molar-refractivity contribution in [2.24, 2.45) is 0 Å². The van der Waals surface area contributed by atoms with Gasteiger partial charge in [-0.2, -0.15) is 26.3 Å². The largest absolute Gasteiger partial charge is 0.416 e. The number of hydrogen-bond donors (Lipinski definition) is 2. The normalized spacial score (nSPS) is 16.9. The molecule has 2 N–H and O–H groups in total. The lowest BCUT2D eigenvalue weighted by molar-refractivity contribution is -0.140. The Morgan fingerprint density at radius 2 is 1.57 bits per heavy atom. The van der Waals surface area contributed by atoms with Crippen LogP contribution in [0, 0.1) is 0 Å². The van der Waals surface area contributed by atoms with E-state index in [1.165, 1.54) is 6.92 Å². The van der Waals surface area contributed by atoms with E-state index in [0.717, 1.165) is 24.3 Å². The second kappa shape index (κ2) is 7.53. The Kier molecular flexibility index (Phi) is 6.47. The van der Waals surface area contributed by atoms with E-state index in [9.17, 15) is 31.4 Å². The molecule has 0 amide bonds. The van der Waals surface area contributed by atoms with E-state index in [-0.39, 0.29) is 5.56 Å². The summed E-state index contributed by atoms with van der Waals surface area (Å²) in [7, 11) is 0. The third-order valence-electron chi connectivity index (χ3n) is 3.44. The molecule has 0 saturated heterocycles. The molecule has 1 aromatic rings. The third kappa shape index (κ3) is 6.39. The van der Waals surface area contributed by atoms with Gasteiger partial charge in [-0.05, 0) is 31.0 Å². The molecule has 0 radical (unpaired) electrons. The summed E-state index contributed by atoms with van der Waals surface area (Å²) >= 11 is 0. The summed E-state index contributed by atoms with van der Waals surface area (Å²) < 4.78 is 74.5. The summed E-state index contributed by atoms with van der Waals surface area (Å²) in [4.78, 5) is 0. The Morgan fingerprint density at radius 1 is 1.04 bits per heavy atom. The first-order valence-corrected chi connectivity index (χ1v) is 7.12. The summed E-state index contributed by atoms with van der Waals surface area (Å²) in [5.41, 5.74) is -0.628. The van der Waals surface area contributed by atoms with E-state index in [1.54, 1.807) is 6.92 Å². The number of aliphatic hydroxyl groups excluding tert-OH is 1. The second-order valence-electron chi connectivity index (χ2n) is 5.47. The van der Waals surface area contributed by atoms with Crippen LogP contribution in [0.4, 0.5) is 26.3 Å². The molecule has 8 heteroatoms. The van der Waals surface area contributed by atoms with Gasteiger partial charge in [0.1, 0.15) is 0 Å². The quantitative estimate of drug-likeness (QED) is 0.748. The van der Waals surface area contributed by atoms with Gasteiger partial charge in [-0.25, -0.2) is 0 Å². The first-order chi connectivity index (χ1) is 10.4. The summed E-state index contributed by atoms with van der Waals surface area (Å²) in [6.07, 6.45) is -10.7. The van der Waals surface area contributed by atoms with Crippen molar-refractivity contribution in [2.75, 3.05) is 0 Å². The smallest absolute Gasteiger partial charge is 0.387 e. The molecule has 0 saturated carbocycles. The molecule has 0 bridgehead atoms. The maximum atomic E-state index is 12.5. The van der Waals surface area contributed by atoms with Gasteiger partial charge in [0.25, 0.3) is 0 Å². The predicted octanol–water partition coefficient (Wildman–Crippen LogP) is 4.45. The second-order valence-corrected chi connectivity index (χ2v) is 5.47. The van der Waals surface area contributed by atoms with Gasteiger partial charge in [0.05, 0.1) is 18.1 Å². The van der Waals surface area contributed by atoms with Crippen molar-refractivity contribution in [3.8, 4) is 0 Å². The van der Waals surface area contributed by atoms with Crippen LogP contribution in [0.1, 0.15) is 43.9 Å². The summed E-state index contributed by atoms with van der Waals surface area (Å²) in [5.74, 6) is 0. The Hall–Kier alpha value is -1.28. The molecule has 0 fully saturated rings. The van der Waals surface area contributed by atoms with E-state index < -0.39 is 42.5 Å². The molecule has 0 spiro atoms. The summed E-state index contributed by atoms with van der Waals surface area (Å²) in [6.45, 7) is 3.01. The van der Waals surface area contributed by atoms with Gasteiger partial charge in [0, 0.05) is 12.1 Å². The van der Waals surface area contributed by atoms with E-state index >= 15 is 0 Å². The van der Waals surface area contributed by atoms with E-state index in [1.807, 2.05) is 0 Å². The zero-order valence-corrected chi connectivity index (χ0v) is 12.7. The van der Waals surface area contributed by atoms with Crippen LogP contribution in [0.3, 0.4) is 0 Å². The highest BCUT2D eigenvalue weighted by atomic mass is 19.4. The highest BCUT2D eigenvalue weighted by Crippen LogP contribution is 2.31. The predicted molar refractivity (Wildman–Crippen MR) is 73.8 cm³/mol. The van der Waals surface area contributed by atoms with Crippen LogP contribution in [0.2, 0.25) is 0 Å². The van der Waals surface area contributed by atoms with E-state index in [0.29, 0.717) is 6.42 Å². The van der Waals surface area contributed by atoms with Gasteiger partial charge in [-0.3, -0.25) is 0 Å². The number of aliphatic hydroxyl groups is 1. The minimum Gasteiger partial charge on any atom is -0.387 e. The van der Waals surface area contributed by atoms with Crippen LogP contribution in [0.25, 0.3) is 0 Å². The number of hydrogen-bond acceptors (Lipinski definition) is 2. The van der Waals surface area contributed by atoms with Crippen LogP contribution >= 0.6 is 0 Å². The molecule has 1 rings (SSSR count). The number of benzene rings is 1. The fraction of sp³-hybridized carbons (Fsp3) is 0.600. The number of rotatable bonds is 6.